The summed E-state index contributed by atoms with van der Waals surface area (Å²) in [7, 11) is 0. The van der Waals surface area contributed by atoms with Gasteiger partial charge in [0.2, 0.25) is 0 Å². The van der Waals surface area contributed by atoms with Gasteiger partial charge in [-0.3, -0.25) is 0 Å². The number of allylic oxidation sites excluding steroid dienone is 4. The summed E-state index contributed by atoms with van der Waals surface area (Å²) >= 11 is 6.28. The quantitative estimate of drug-likeness (QED) is 0.237. The van der Waals surface area contributed by atoms with Crippen LogP contribution in [0.2, 0.25) is 5.02 Å². The summed E-state index contributed by atoms with van der Waals surface area (Å²) in [6, 6.07) is 36.9. The fourth-order valence-corrected chi connectivity index (χ4v) is 6.66. The summed E-state index contributed by atoms with van der Waals surface area (Å²) in [6.07, 6.45) is 4.06. The molecule has 0 bridgehead atoms. The second-order valence-corrected chi connectivity index (χ2v) is 9.97. The molecule has 1 spiro atoms. The molecule has 0 amide bonds. The number of hydrogen-bond donors (Lipinski definition) is 0. The number of rotatable bonds is 2. The van der Waals surface area contributed by atoms with Gasteiger partial charge in [0.15, 0.2) is 0 Å². The van der Waals surface area contributed by atoms with E-state index in [0.717, 1.165) is 16.2 Å². The van der Waals surface area contributed by atoms with Crippen molar-refractivity contribution in [2.45, 2.75) is 5.41 Å². The molecular formula is C35H23Cl. The van der Waals surface area contributed by atoms with Crippen molar-refractivity contribution in [3.8, 4) is 22.3 Å². The first-order valence-corrected chi connectivity index (χ1v) is 12.6. The second kappa shape index (κ2) is 7.68. The Morgan fingerprint density at radius 3 is 2.22 bits per heavy atom. The maximum atomic E-state index is 6.28. The van der Waals surface area contributed by atoms with Crippen LogP contribution in [-0.4, -0.2) is 0 Å². The molecular weight excluding hydrogens is 456 g/mol. The Morgan fingerprint density at radius 2 is 1.39 bits per heavy atom. The van der Waals surface area contributed by atoms with Gasteiger partial charge in [-0.25, -0.2) is 0 Å². The summed E-state index contributed by atoms with van der Waals surface area (Å²) in [4.78, 5) is 0. The maximum Gasteiger partial charge on any atom is 0.0731 e. The Bertz CT molecular complexity index is 1770. The van der Waals surface area contributed by atoms with Crippen molar-refractivity contribution in [3.05, 3.63) is 161 Å². The highest BCUT2D eigenvalue weighted by atomic mass is 35.5. The van der Waals surface area contributed by atoms with Gasteiger partial charge in [0, 0.05) is 5.02 Å². The van der Waals surface area contributed by atoms with Crippen LogP contribution in [0.15, 0.2) is 134 Å². The SMILES string of the molecule is C=C/C=C1\C(=C)c2cccc(-c3ccc(Cl)cc3)c2C12c1ccccc1-c1c2ccc2ccccc12. The largest absolute Gasteiger partial charge is 0.0991 e. The minimum absolute atomic E-state index is 0.479. The van der Waals surface area contributed by atoms with Crippen molar-refractivity contribution in [2.24, 2.45) is 0 Å². The van der Waals surface area contributed by atoms with Gasteiger partial charge in [0.25, 0.3) is 0 Å². The van der Waals surface area contributed by atoms with E-state index < -0.39 is 5.41 Å². The van der Waals surface area contributed by atoms with Crippen molar-refractivity contribution in [2.75, 3.05) is 0 Å². The van der Waals surface area contributed by atoms with Crippen LogP contribution in [0.25, 0.3) is 38.6 Å². The lowest BCUT2D eigenvalue weighted by Gasteiger charge is -2.32. The highest BCUT2D eigenvalue weighted by molar-refractivity contribution is 6.30. The van der Waals surface area contributed by atoms with Gasteiger partial charge in [0.1, 0.15) is 0 Å². The third-order valence-corrected chi connectivity index (χ3v) is 8.12. The molecule has 0 heterocycles. The molecule has 5 aromatic carbocycles. The Morgan fingerprint density at radius 1 is 0.667 bits per heavy atom. The van der Waals surface area contributed by atoms with E-state index in [-0.39, 0.29) is 0 Å². The average Bonchev–Trinajstić information content (AvgIpc) is 3.36. The first-order valence-electron chi connectivity index (χ1n) is 12.2. The van der Waals surface area contributed by atoms with E-state index in [4.69, 9.17) is 11.6 Å². The molecule has 7 rings (SSSR count). The monoisotopic (exact) mass is 478 g/mol. The summed E-state index contributed by atoms with van der Waals surface area (Å²) in [6.45, 7) is 8.73. The van der Waals surface area contributed by atoms with E-state index in [2.05, 4.69) is 110 Å². The van der Waals surface area contributed by atoms with Crippen molar-refractivity contribution in [1.29, 1.82) is 0 Å². The molecule has 5 aromatic rings. The van der Waals surface area contributed by atoms with Crippen LogP contribution in [0.1, 0.15) is 22.3 Å². The fourth-order valence-electron chi connectivity index (χ4n) is 6.53. The Labute approximate surface area is 216 Å². The highest BCUT2D eigenvalue weighted by Crippen LogP contribution is 2.65. The molecule has 1 unspecified atom stereocenters. The third kappa shape index (κ3) is 2.60. The molecule has 0 saturated carbocycles. The molecule has 0 nitrogen and oxygen atoms in total. The standard InChI is InChI=1S/C35H23Cl/c1-3-9-30-22(2)26-13-8-14-28(24-16-19-25(36)20-17-24)34(26)35(30)31-15-7-6-12-29(31)33-27-11-5-4-10-23(27)18-21-32(33)35/h3-21H,1-2H2/b30-9+. The molecule has 0 aromatic heterocycles. The van der Waals surface area contributed by atoms with Crippen LogP contribution in [0.5, 0.6) is 0 Å². The van der Waals surface area contributed by atoms with E-state index in [0.29, 0.717) is 0 Å². The van der Waals surface area contributed by atoms with Gasteiger partial charge < -0.3 is 0 Å². The molecule has 1 atom stereocenters. The Balaban J connectivity index is 1.70. The fraction of sp³-hybridized carbons (Fsp3) is 0.0286. The molecule has 0 saturated heterocycles. The van der Waals surface area contributed by atoms with Gasteiger partial charge in [-0.05, 0) is 78.6 Å². The van der Waals surface area contributed by atoms with Gasteiger partial charge in [-0.1, -0.05) is 128 Å². The smallest absolute Gasteiger partial charge is 0.0731 e. The number of fused-ring (bicyclic) bond motifs is 9. The van der Waals surface area contributed by atoms with Crippen molar-refractivity contribution in [1.82, 2.24) is 0 Å². The minimum atomic E-state index is -0.479. The van der Waals surface area contributed by atoms with Crippen LogP contribution >= 0.6 is 11.6 Å². The first kappa shape index (κ1) is 21.2. The van der Waals surface area contributed by atoms with Crippen LogP contribution in [0, 0.1) is 0 Å². The third-order valence-electron chi connectivity index (χ3n) is 7.87. The van der Waals surface area contributed by atoms with Gasteiger partial charge >= 0.3 is 0 Å². The molecule has 0 aliphatic heterocycles. The van der Waals surface area contributed by atoms with Crippen LogP contribution < -0.4 is 0 Å². The molecule has 0 fully saturated rings. The Kier molecular flexibility index (Phi) is 4.52. The van der Waals surface area contributed by atoms with E-state index in [1.165, 1.54) is 55.3 Å². The highest BCUT2D eigenvalue weighted by Gasteiger charge is 2.54. The van der Waals surface area contributed by atoms with E-state index >= 15 is 0 Å². The molecule has 1 heteroatoms. The van der Waals surface area contributed by atoms with Crippen molar-refractivity contribution < 1.29 is 0 Å². The zero-order chi connectivity index (χ0) is 24.4. The zero-order valence-electron chi connectivity index (χ0n) is 19.8. The summed E-state index contributed by atoms with van der Waals surface area (Å²) in [5.41, 5.74) is 11.8. The zero-order valence-corrected chi connectivity index (χ0v) is 20.5. The van der Waals surface area contributed by atoms with Crippen molar-refractivity contribution >= 4 is 27.9 Å². The van der Waals surface area contributed by atoms with Crippen LogP contribution in [0.3, 0.4) is 0 Å². The molecule has 0 N–H and O–H groups in total. The predicted molar refractivity (Wildman–Crippen MR) is 153 cm³/mol. The topological polar surface area (TPSA) is 0 Å². The van der Waals surface area contributed by atoms with E-state index in [1.54, 1.807) is 0 Å². The lowest BCUT2D eigenvalue weighted by atomic mass is 9.68. The number of hydrogen-bond acceptors (Lipinski definition) is 0. The number of benzene rings is 5. The molecule has 2 aliphatic carbocycles. The van der Waals surface area contributed by atoms with Gasteiger partial charge in [-0.2, -0.15) is 0 Å². The van der Waals surface area contributed by atoms with Crippen LogP contribution in [0.4, 0.5) is 0 Å². The van der Waals surface area contributed by atoms with Crippen LogP contribution in [-0.2, 0) is 5.41 Å². The maximum absolute atomic E-state index is 6.28. The predicted octanol–water partition coefficient (Wildman–Crippen LogP) is 9.61. The first-order chi connectivity index (χ1) is 17.7. The van der Waals surface area contributed by atoms with Gasteiger partial charge in [0.05, 0.1) is 5.41 Å². The lowest BCUT2D eigenvalue weighted by molar-refractivity contribution is 0.797. The Hall–Kier alpha value is -4.13. The summed E-state index contributed by atoms with van der Waals surface area (Å²) in [5.74, 6) is 0. The molecule has 36 heavy (non-hydrogen) atoms. The minimum Gasteiger partial charge on any atom is -0.0991 e. The van der Waals surface area contributed by atoms with Crippen molar-refractivity contribution in [3.63, 3.8) is 0 Å². The normalized spacial score (nSPS) is 18.5. The second-order valence-electron chi connectivity index (χ2n) is 9.53. The molecule has 170 valence electrons. The molecule has 2 aliphatic rings. The average molecular weight is 479 g/mol. The molecule has 0 radical (unpaired) electrons. The lowest BCUT2D eigenvalue weighted by Crippen LogP contribution is -2.26. The van der Waals surface area contributed by atoms with E-state index in [9.17, 15) is 0 Å². The number of halogens is 1. The van der Waals surface area contributed by atoms with Gasteiger partial charge in [-0.15, -0.1) is 0 Å². The summed E-state index contributed by atoms with van der Waals surface area (Å²) in [5, 5.41) is 3.27. The van der Waals surface area contributed by atoms with E-state index in [1.807, 2.05) is 18.2 Å². The summed E-state index contributed by atoms with van der Waals surface area (Å²) < 4.78 is 0.